The summed E-state index contributed by atoms with van der Waals surface area (Å²) in [6, 6.07) is 6.35. The van der Waals surface area contributed by atoms with Crippen LogP contribution < -0.4 is 15.4 Å². The second kappa shape index (κ2) is 5.58. The topological polar surface area (TPSA) is 33.3 Å². The van der Waals surface area contributed by atoms with Crippen LogP contribution >= 0.6 is 0 Å². The Bertz CT molecular complexity index is 372. The fraction of sp³-hybridized carbons (Fsp3) is 0.500. The lowest BCUT2D eigenvalue weighted by atomic mass is 10.0. The van der Waals surface area contributed by atoms with Gasteiger partial charge in [0.05, 0.1) is 0 Å². The van der Waals surface area contributed by atoms with Crippen molar-refractivity contribution in [2.24, 2.45) is 0 Å². The van der Waals surface area contributed by atoms with Crippen molar-refractivity contribution in [3.05, 3.63) is 29.8 Å². The van der Waals surface area contributed by atoms with E-state index in [1.807, 2.05) is 0 Å². The number of halogens is 3. The molecule has 0 saturated carbocycles. The maximum atomic E-state index is 12.0. The Kier molecular flexibility index (Phi) is 4.08. The Labute approximate surface area is 103 Å². The summed E-state index contributed by atoms with van der Waals surface area (Å²) in [5, 5.41) is 6.61. The first-order valence-corrected chi connectivity index (χ1v) is 5.82. The number of hydrogen-bond acceptors (Lipinski definition) is 3. The number of hydrogen-bond donors (Lipinski definition) is 2. The highest BCUT2D eigenvalue weighted by atomic mass is 19.4. The molecule has 2 N–H and O–H groups in total. The van der Waals surface area contributed by atoms with E-state index in [0.29, 0.717) is 6.04 Å². The largest absolute Gasteiger partial charge is 0.573 e. The van der Waals surface area contributed by atoms with Crippen LogP contribution in [0.5, 0.6) is 5.75 Å². The highest BCUT2D eigenvalue weighted by Crippen LogP contribution is 2.23. The molecule has 0 spiro atoms. The van der Waals surface area contributed by atoms with E-state index in [4.69, 9.17) is 0 Å². The summed E-state index contributed by atoms with van der Waals surface area (Å²) in [5.41, 5.74) is 0.991. The summed E-state index contributed by atoms with van der Waals surface area (Å²) in [6.07, 6.45) is -3.84. The van der Waals surface area contributed by atoms with Crippen LogP contribution in [0.3, 0.4) is 0 Å². The Morgan fingerprint density at radius 2 is 1.89 bits per heavy atom. The molecule has 100 valence electrons. The third-order valence-electron chi connectivity index (χ3n) is 2.76. The van der Waals surface area contributed by atoms with Crippen molar-refractivity contribution in [3.63, 3.8) is 0 Å². The molecule has 0 aliphatic carbocycles. The fourth-order valence-corrected chi connectivity index (χ4v) is 1.97. The molecule has 1 fully saturated rings. The predicted octanol–water partition coefficient (Wildman–Crippen LogP) is 1.69. The molecule has 1 saturated heterocycles. The van der Waals surface area contributed by atoms with Crippen molar-refractivity contribution in [3.8, 4) is 5.75 Å². The van der Waals surface area contributed by atoms with Gasteiger partial charge in [-0.15, -0.1) is 13.2 Å². The second-order valence-electron chi connectivity index (χ2n) is 4.25. The standard InChI is InChI=1S/C12H15F3N2O/c13-12(14,15)18-11-3-1-9(2-4-11)7-10-8-16-5-6-17-10/h1-4,10,16-17H,5-8H2/t10-/m0/s1. The molecule has 3 nitrogen and oxygen atoms in total. The maximum Gasteiger partial charge on any atom is 0.573 e. The molecule has 0 bridgehead atoms. The normalized spacial score (nSPS) is 20.7. The highest BCUT2D eigenvalue weighted by Gasteiger charge is 2.30. The van der Waals surface area contributed by atoms with Gasteiger partial charge in [-0.1, -0.05) is 12.1 Å². The van der Waals surface area contributed by atoms with Crippen LogP contribution in [-0.2, 0) is 6.42 Å². The van der Waals surface area contributed by atoms with E-state index in [1.54, 1.807) is 12.1 Å². The molecule has 0 radical (unpaired) electrons. The average molecular weight is 260 g/mol. The van der Waals surface area contributed by atoms with Crippen LogP contribution in [0, 0.1) is 0 Å². The van der Waals surface area contributed by atoms with Gasteiger partial charge in [-0.25, -0.2) is 0 Å². The summed E-state index contributed by atoms with van der Waals surface area (Å²) in [6.45, 7) is 2.75. The zero-order chi connectivity index (χ0) is 13.0. The van der Waals surface area contributed by atoms with E-state index in [0.717, 1.165) is 31.6 Å². The van der Waals surface area contributed by atoms with Gasteiger partial charge < -0.3 is 15.4 Å². The Morgan fingerprint density at radius 3 is 2.44 bits per heavy atom. The summed E-state index contributed by atoms with van der Waals surface area (Å²) in [4.78, 5) is 0. The first-order chi connectivity index (χ1) is 8.53. The molecule has 1 heterocycles. The number of piperazine rings is 1. The van der Waals surface area contributed by atoms with E-state index in [2.05, 4.69) is 15.4 Å². The third kappa shape index (κ3) is 4.19. The minimum absolute atomic E-state index is 0.180. The molecule has 18 heavy (non-hydrogen) atoms. The quantitative estimate of drug-likeness (QED) is 0.867. The van der Waals surface area contributed by atoms with Crippen molar-refractivity contribution in [1.82, 2.24) is 10.6 Å². The van der Waals surface area contributed by atoms with Crippen LogP contribution in [0.2, 0.25) is 0 Å². The molecule has 0 amide bonds. The molecule has 6 heteroatoms. The van der Waals surface area contributed by atoms with Gasteiger partial charge in [0.2, 0.25) is 0 Å². The van der Waals surface area contributed by atoms with E-state index >= 15 is 0 Å². The Balaban J connectivity index is 1.90. The fourth-order valence-electron chi connectivity index (χ4n) is 1.97. The highest BCUT2D eigenvalue weighted by molar-refractivity contribution is 5.28. The molecular weight excluding hydrogens is 245 g/mol. The molecule has 1 aromatic carbocycles. The van der Waals surface area contributed by atoms with Crippen molar-refractivity contribution in [1.29, 1.82) is 0 Å². The van der Waals surface area contributed by atoms with E-state index in [-0.39, 0.29) is 5.75 Å². The molecule has 0 unspecified atom stereocenters. The Hall–Kier alpha value is -1.27. The molecule has 0 aromatic heterocycles. The first kappa shape index (κ1) is 13.2. The number of alkyl halides is 3. The van der Waals surface area contributed by atoms with Gasteiger partial charge in [-0.2, -0.15) is 0 Å². The molecule has 1 aliphatic rings. The monoisotopic (exact) mass is 260 g/mol. The number of rotatable bonds is 3. The minimum atomic E-state index is -4.63. The molecule has 1 aliphatic heterocycles. The van der Waals surface area contributed by atoms with E-state index in [1.165, 1.54) is 12.1 Å². The van der Waals surface area contributed by atoms with Crippen molar-refractivity contribution in [2.45, 2.75) is 18.8 Å². The lowest BCUT2D eigenvalue weighted by Crippen LogP contribution is -2.49. The molecule has 1 atom stereocenters. The van der Waals surface area contributed by atoms with Crippen LogP contribution in [0.15, 0.2) is 24.3 Å². The smallest absolute Gasteiger partial charge is 0.406 e. The lowest BCUT2D eigenvalue weighted by molar-refractivity contribution is -0.274. The third-order valence-corrected chi connectivity index (χ3v) is 2.76. The Morgan fingerprint density at radius 1 is 1.17 bits per heavy atom. The van der Waals surface area contributed by atoms with Gasteiger partial charge in [0, 0.05) is 25.7 Å². The number of nitrogens with one attached hydrogen (secondary N) is 2. The first-order valence-electron chi connectivity index (χ1n) is 5.82. The van der Waals surface area contributed by atoms with Gasteiger partial charge >= 0.3 is 6.36 Å². The summed E-state index contributed by atoms with van der Waals surface area (Å²) >= 11 is 0. The summed E-state index contributed by atoms with van der Waals surface area (Å²) < 4.78 is 39.7. The van der Waals surface area contributed by atoms with Crippen LogP contribution in [0.1, 0.15) is 5.56 Å². The lowest BCUT2D eigenvalue weighted by Gasteiger charge is -2.24. The molecular formula is C12H15F3N2O. The minimum Gasteiger partial charge on any atom is -0.406 e. The average Bonchev–Trinajstić information content (AvgIpc) is 2.31. The van der Waals surface area contributed by atoms with Gasteiger partial charge in [0.1, 0.15) is 5.75 Å². The maximum absolute atomic E-state index is 12.0. The van der Waals surface area contributed by atoms with Gasteiger partial charge in [-0.3, -0.25) is 0 Å². The van der Waals surface area contributed by atoms with Gasteiger partial charge in [-0.05, 0) is 24.1 Å². The van der Waals surface area contributed by atoms with Crippen LogP contribution in [0.4, 0.5) is 13.2 Å². The zero-order valence-electron chi connectivity index (χ0n) is 9.76. The van der Waals surface area contributed by atoms with E-state index < -0.39 is 6.36 Å². The van der Waals surface area contributed by atoms with Crippen molar-refractivity contribution >= 4 is 0 Å². The second-order valence-corrected chi connectivity index (χ2v) is 4.25. The number of benzene rings is 1. The summed E-state index contributed by atoms with van der Waals surface area (Å²) in [7, 11) is 0. The van der Waals surface area contributed by atoms with Gasteiger partial charge in [0.25, 0.3) is 0 Å². The van der Waals surface area contributed by atoms with Crippen molar-refractivity contribution in [2.75, 3.05) is 19.6 Å². The van der Waals surface area contributed by atoms with Crippen molar-refractivity contribution < 1.29 is 17.9 Å². The van der Waals surface area contributed by atoms with Crippen LogP contribution in [0.25, 0.3) is 0 Å². The van der Waals surface area contributed by atoms with E-state index in [9.17, 15) is 13.2 Å². The number of ether oxygens (including phenoxy) is 1. The zero-order valence-corrected chi connectivity index (χ0v) is 9.76. The SMILES string of the molecule is FC(F)(F)Oc1ccc(C[C@H]2CNCCN2)cc1. The van der Waals surface area contributed by atoms with Crippen LogP contribution in [-0.4, -0.2) is 32.0 Å². The molecule has 2 rings (SSSR count). The molecule has 1 aromatic rings. The van der Waals surface area contributed by atoms with Gasteiger partial charge in [0.15, 0.2) is 0 Å². The predicted molar refractivity (Wildman–Crippen MR) is 61.5 cm³/mol. The summed E-state index contributed by atoms with van der Waals surface area (Å²) in [5.74, 6) is -0.180.